The first-order valence-electron chi connectivity index (χ1n) is 7.51. The van der Waals surface area contributed by atoms with Gasteiger partial charge in [0, 0.05) is 24.5 Å². The van der Waals surface area contributed by atoms with Gasteiger partial charge in [-0.3, -0.25) is 4.98 Å². The van der Waals surface area contributed by atoms with Crippen LogP contribution < -0.4 is 5.32 Å². The van der Waals surface area contributed by atoms with E-state index in [9.17, 15) is 5.11 Å². The van der Waals surface area contributed by atoms with Gasteiger partial charge in [0.2, 0.25) is 10.1 Å². The third kappa shape index (κ3) is 2.75. The summed E-state index contributed by atoms with van der Waals surface area (Å²) >= 11 is 1.50. The highest BCUT2D eigenvalue weighted by atomic mass is 32.1. The molecule has 3 heterocycles. The van der Waals surface area contributed by atoms with E-state index in [2.05, 4.69) is 20.4 Å². The Morgan fingerprint density at radius 1 is 1.12 bits per heavy atom. The van der Waals surface area contributed by atoms with Gasteiger partial charge in [0.15, 0.2) is 0 Å². The number of hydrogen-bond donors (Lipinski definition) is 2. The fourth-order valence-corrected chi connectivity index (χ4v) is 3.30. The van der Waals surface area contributed by atoms with E-state index < -0.39 is 0 Å². The fourth-order valence-electron chi connectivity index (χ4n) is 2.53. The van der Waals surface area contributed by atoms with Crippen molar-refractivity contribution < 1.29 is 5.11 Å². The Hall–Kier alpha value is -2.77. The summed E-state index contributed by atoms with van der Waals surface area (Å²) in [4.78, 5) is 9.26. The smallest absolute Gasteiger partial charge is 0.214 e. The minimum Gasteiger partial charge on any atom is -0.392 e. The summed E-state index contributed by atoms with van der Waals surface area (Å²) in [6.07, 6.45) is 5.34. The van der Waals surface area contributed by atoms with Crippen LogP contribution in [0.5, 0.6) is 0 Å². The standard InChI is InChI=1S/C17H15N5OS/c23-11-13-3-1-2-4-14(13)15-10-20-17-22(15)21-16(24-17)19-9-12-5-7-18-8-6-12/h1-8,10,23H,9,11H2,(H,19,21). The van der Waals surface area contributed by atoms with E-state index in [-0.39, 0.29) is 6.61 Å². The average Bonchev–Trinajstić information content (AvgIpc) is 3.21. The lowest BCUT2D eigenvalue weighted by atomic mass is 10.1. The van der Waals surface area contributed by atoms with E-state index in [4.69, 9.17) is 0 Å². The lowest BCUT2D eigenvalue weighted by Gasteiger charge is -2.05. The minimum atomic E-state index is -0.0132. The average molecular weight is 337 g/mol. The normalized spacial score (nSPS) is 11.0. The molecule has 4 rings (SSSR count). The van der Waals surface area contributed by atoms with Crippen molar-refractivity contribution in [1.82, 2.24) is 19.6 Å². The van der Waals surface area contributed by atoms with Crippen LogP contribution in [0.1, 0.15) is 11.1 Å². The number of pyridine rings is 1. The quantitative estimate of drug-likeness (QED) is 0.585. The summed E-state index contributed by atoms with van der Waals surface area (Å²) in [5.41, 5.74) is 3.82. The van der Waals surface area contributed by atoms with E-state index in [1.807, 2.05) is 40.9 Å². The zero-order chi connectivity index (χ0) is 16.4. The summed E-state index contributed by atoms with van der Waals surface area (Å²) in [6.45, 7) is 0.669. The first-order valence-corrected chi connectivity index (χ1v) is 8.33. The number of benzene rings is 1. The van der Waals surface area contributed by atoms with E-state index in [0.29, 0.717) is 6.54 Å². The molecule has 4 aromatic rings. The maximum atomic E-state index is 9.54. The van der Waals surface area contributed by atoms with Gasteiger partial charge in [-0.25, -0.2) is 9.50 Å². The molecule has 24 heavy (non-hydrogen) atoms. The van der Waals surface area contributed by atoms with Crippen molar-refractivity contribution in [3.8, 4) is 11.3 Å². The molecule has 2 N–H and O–H groups in total. The minimum absolute atomic E-state index is 0.0132. The molecular formula is C17H15N5OS. The predicted molar refractivity (Wildman–Crippen MR) is 93.8 cm³/mol. The molecule has 0 fully saturated rings. The first-order chi connectivity index (χ1) is 11.8. The third-order valence-corrected chi connectivity index (χ3v) is 4.62. The van der Waals surface area contributed by atoms with Crippen molar-refractivity contribution in [2.75, 3.05) is 5.32 Å². The van der Waals surface area contributed by atoms with Crippen molar-refractivity contribution in [3.05, 3.63) is 66.1 Å². The van der Waals surface area contributed by atoms with Crippen LogP contribution in [0.2, 0.25) is 0 Å². The second-order valence-corrected chi connectivity index (χ2v) is 6.23. The number of aromatic nitrogens is 4. The second kappa shape index (κ2) is 6.38. The highest BCUT2D eigenvalue weighted by molar-refractivity contribution is 7.20. The van der Waals surface area contributed by atoms with Gasteiger partial charge in [0.25, 0.3) is 0 Å². The molecule has 0 spiro atoms. The van der Waals surface area contributed by atoms with Gasteiger partial charge in [-0.05, 0) is 23.3 Å². The summed E-state index contributed by atoms with van der Waals surface area (Å²) in [6, 6.07) is 11.7. The lowest BCUT2D eigenvalue weighted by Crippen LogP contribution is -2.00. The maximum absolute atomic E-state index is 9.54. The molecule has 0 aliphatic carbocycles. The molecule has 0 saturated heterocycles. The zero-order valence-electron chi connectivity index (χ0n) is 12.8. The largest absolute Gasteiger partial charge is 0.392 e. The van der Waals surface area contributed by atoms with Crippen LogP contribution in [0.3, 0.4) is 0 Å². The Balaban J connectivity index is 1.64. The zero-order valence-corrected chi connectivity index (χ0v) is 13.6. The number of imidazole rings is 1. The van der Waals surface area contributed by atoms with Gasteiger partial charge in [-0.1, -0.05) is 35.6 Å². The molecule has 7 heteroatoms. The Kier molecular flexibility index (Phi) is 3.94. The molecule has 0 aliphatic heterocycles. The summed E-state index contributed by atoms with van der Waals surface area (Å²) in [7, 11) is 0. The van der Waals surface area contributed by atoms with Crippen molar-refractivity contribution in [1.29, 1.82) is 0 Å². The molecule has 0 amide bonds. The van der Waals surface area contributed by atoms with E-state index in [0.717, 1.165) is 32.5 Å². The molecule has 120 valence electrons. The van der Waals surface area contributed by atoms with Crippen molar-refractivity contribution in [2.45, 2.75) is 13.2 Å². The van der Waals surface area contributed by atoms with Gasteiger partial charge < -0.3 is 10.4 Å². The molecular weight excluding hydrogens is 322 g/mol. The van der Waals surface area contributed by atoms with Crippen molar-refractivity contribution in [3.63, 3.8) is 0 Å². The second-order valence-electron chi connectivity index (χ2n) is 5.27. The molecule has 0 atom stereocenters. The van der Waals surface area contributed by atoms with E-state index in [1.54, 1.807) is 18.6 Å². The van der Waals surface area contributed by atoms with Gasteiger partial charge in [-0.15, -0.1) is 5.10 Å². The molecule has 0 bridgehead atoms. The number of nitrogens with one attached hydrogen (secondary N) is 1. The maximum Gasteiger partial charge on any atom is 0.214 e. The fraction of sp³-hybridized carbons (Fsp3) is 0.118. The van der Waals surface area contributed by atoms with E-state index in [1.165, 1.54) is 11.3 Å². The van der Waals surface area contributed by atoms with Crippen LogP contribution >= 0.6 is 11.3 Å². The number of aliphatic hydroxyl groups is 1. The molecule has 3 aromatic heterocycles. The van der Waals surface area contributed by atoms with Crippen LogP contribution in [0.15, 0.2) is 55.0 Å². The number of fused-ring (bicyclic) bond motifs is 1. The van der Waals surface area contributed by atoms with Crippen molar-refractivity contribution >= 4 is 21.4 Å². The number of rotatable bonds is 5. The SMILES string of the molecule is OCc1ccccc1-c1cnc2sc(NCc3ccncc3)nn12. The third-order valence-electron chi connectivity index (χ3n) is 3.74. The number of nitrogens with zero attached hydrogens (tertiary/aromatic N) is 4. The van der Waals surface area contributed by atoms with Gasteiger partial charge >= 0.3 is 0 Å². The highest BCUT2D eigenvalue weighted by Gasteiger charge is 2.13. The Bertz CT molecular complexity index is 963. The molecule has 0 radical (unpaired) electrons. The summed E-state index contributed by atoms with van der Waals surface area (Å²) in [5.74, 6) is 0. The number of anilines is 1. The molecule has 6 nitrogen and oxygen atoms in total. The van der Waals surface area contributed by atoms with Gasteiger partial charge in [0.1, 0.15) is 0 Å². The molecule has 1 aromatic carbocycles. The summed E-state index contributed by atoms with van der Waals surface area (Å²) in [5, 5.41) is 18.3. The van der Waals surface area contributed by atoms with Crippen LogP contribution in [0.25, 0.3) is 16.2 Å². The van der Waals surface area contributed by atoms with Crippen LogP contribution in [-0.4, -0.2) is 24.7 Å². The topological polar surface area (TPSA) is 75.3 Å². The number of aliphatic hydroxyl groups excluding tert-OH is 1. The summed E-state index contributed by atoms with van der Waals surface area (Å²) < 4.78 is 1.81. The Morgan fingerprint density at radius 2 is 1.96 bits per heavy atom. The highest BCUT2D eigenvalue weighted by Crippen LogP contribution is 2.28. The van der Waals surface area contributed by atoms with Gasteiger partial charge in [0.05, 0.1) is 18.5 Å². The monoisotopic (exact) mass is 337 g/mol. The Morgan fingerprint density at radius 3 is 2.79 bits per heavy atom. The van der Waals surface area contributed by atoms with Crippen LogP contribution in [0, 0.1) is 0 Å². The van der Waals surface area contributed by atoms with Gasteiger partial charge in [-0.2, -0.15) is 0 Å². The van der Waals surface area contributed by atoms with Crippen LogP contribution in [0.4, 0.5) is 5.13 Å². The predicted octanol–water partition coefficient (Wildman–Crippen LogP) is 2.96. The number of hydrogen-bond acceptors (Lipinski definition) is 6. The lowest BCUT2D eigenvalue weighted by molar-refractivity contribution is 0.282. The molecule has 0 saturated carbocycles. The molecule has 0 aliphatic rings. The first kappa shape index (κ1) is 14.8. The Labute approximate surface area is 142 Å². The van der Waals surface area contributed by atoms with E-state index >= 15 is 0 Å². The van der Waals surface area contributed by atoms with Crippen LogP contribution in [-0.2, 0) is 13.2 Å². The molecule has 0 unspecified atom stereocenters. The van der Waals surface area contributed by atoms with Crippen molar-refractivity contribution in [2.24, 2.45) is 0 Å².